The molecule has 1 N–H and O–H groups in total. The molecule has 1 heterocycles. The number of nitrogens with zero attached hydrogens (tertiary/aromatic N) is 1. The van der Waals surface area contributed by atoms with E-state index >= 15 is 0 Å². The summed E-state index contributed by atoms with van der Waals surface area (Å²) in [5.41, 5.74) is 0.884. The van der Waals surface area contributed by atoms with E-state index in [1.165, 1.54) is 0 Å². The van der Waals surface area contributed by atoms with Crippen LogP contribution in [0.5, 0.6) is 5.75 Å². The molecule has 0 aromatic carbocycles. The lowest BCUT2D eigenvalue weighted by atomic mass is 10.2. The number of nitrogens with one attached hydrogen (secondary N) is 1. The molecule has 3 nitrogen and oxygen atoms in total. The molecule has 0 bridgehead atoms. The van der Waals surface area contributed by atoms with Crippen molar-refractivity contribution in [2.24, 2.45) is 0 Å². The highest BCUT2D eigenvalue weighted by atomic mass is 16.5. The van der Waals surface area contributed by atoms with Gasteiger partial charge in [0.2, 0.25) is 0 Å². The number of pyridine rings is 1. The maximum absolute atomic E-state index is 5.73. The van der Waals surface area contributed by atoms with Gasteiger partial charge in [0.1, 0.15) is 11.4 Å². The van der Waals surface area contributed by atoms with Crippen molar-refractivity contribution >= 4 is 0 Å². The van der Waals surface area contributed by atoms with Crippen molar-refractivity contribution < 1.29 is 4.74 Å². The molecule has 0 aliphatic heterocycles. The second-order valence-electron chi connectivity index (χ2n) is 5.31. The Kier molecular flexibility index (Phi) is 4.94. The first-order chi connectivity index (χ1) is 7.92. The Morgan fingerprint density at radius 2 is 2.06 bits per heavy atom. The maximum atomic E-state index is 5.73. The molecule has 1 atom stereocenters. The average Bonchev–Trinajstić information content (AvgIpc) is 2.24. The van der Waals surface area contributed by atoms with Crippen molar-refractivity contribution in [3.8, 4) is 5.75 Å². The summed E-state index contributed by atoms with van der Waals surface area (Å²) >= 11 is 0. The van der Waals surface area contributed by atoms with E-state index in [0.29, 0.717) is 6.04 Å². The molecular weight excluding hydrogens is 212 g/mol. The predicted octanol–water partition coefficient (Wildman–Crippen LogP) is 3.32. The number of hydrogen-bond acceptors (Lipinski definition) is 3. The molecule has 1 aromatic rings. The molecule has 0 aliphatic carbocycles. The summed E-state index contributed by atoms with van der Waals surface area (Å²) in [7, 11) is 0. The van der Waals surface area contributed by atoms with Gasteiger partial charge in [-0.1, -0.05) is 6.92 Å². The van der Waals surface area contributed by atoms with Crippen LogP contribution in [-0.2, 0) is 0 Å². The minimum atomic E-state index is -0.171. The monoisotopic (exact) mass is 236 g/mol. The summed E-state index contributed by atoms with van der Waals surface area (Å²) in [5, 5.41) is 3.41. The Morgan fingerprint density at radius 1 is 1.35 bits per heavy atom. The van der Waals surface area contributed by atoms with Crippen LogP contribution in [-0.4, -0.2) is 17.1 Å². The molecule has 3 heteroatoms. The smallest absolute Gasteiger partial charge is 0.138 e. The van der Waals surface area contributed by atoms with E-state index in [1.54, 1.807) is 6.20 Å². The van der Waals surface area contributed by atoms with Gasteiger partial charge in [0.05, 0.1) is 11.9 Å². The van der Waals surface area contributed by atoms with E-state index in [-0.39, 0.29) is 5.60 Å². The first kappa shape index (κ1) is 14.0. The number of rotatable bonds is 5. The third-order valence-electron chi connectivity index (χ3n) is 2.33. The first-order valence-corrected chi connectivity index (χ1v) is 6.30. The van der Waals surface area contributed by atoms with Crippen molar-refractivity contribution in [2.75, 3.05) is 6.54 Å². The van der Waals surface area contributed by atoms with E-state index in [1.807, 2.05) is 32.9 Å². The van der Waals surface area contributed by atoms with E-state index in [0.717, 1.165) is 24.4 Å². The van der Waals surface area contributed by atoms with Crippen molar-refractivity contribution in [3.05, 3.63) is 24.0 Å². The fourth-order valence-electron chi connectivity index (χ4n) is 1.53. The maximum Gasteiger partial charge on any atom is 0.138 e. The third kappa shape index (κ3) is 5.18. The van der Waals surface area contributed by atoms with Crippen LogP contribution in [0.25, 0.3) is 0 Å². The van der Waals surface area contributed by atoms with Crippen LogP contribution in [0.2, 0.25) is 0 Å². The van der Waals surface area contributed by atoms with Gasteiger partial charge < -0.3 is 10.1 Å². The molecule has 17 heavy (non-hydrogen) atoms. The highest BCUT2D eigenvalue weighted by Crippen LogP contribution is 2.18. The predicted molar refractivity (Wildman–Crippen MR) is 71.3 cm³/mol. The van der Waals surface area contributed by atoms with Gasteiger partial charge in [-0.05, 0) is 52.8 Å². The van der Waals surface area contributed by atoms with Crippen LogP contribution in [0.4, 0.5) is 0 Å². The van der Waals surface area contributed by atoms with Crippen molar-refractivity contribution in [3.63, 3.8) is 0 Å². The molecule has 96 valence electrons. The number of ether oxygens (including phenoxy) is 1. The Bertz CT molecular complexity index is 327. The minimum Gasteiger partial charge on any atom is -0.487 e. The quantitative estimate of drug-likeness (QED) is 0.851. The molecule has 0 aliphatic rings. The summed E-state index contributed by atoms with van der Waals surface area (Å²) in [6.45, 7) is 11.4. The fraction of sp³-hybridized carbons (Fsp3) is 0.643. The van der Waals surface area contributed by atoms with Gasteiger partial charge in [-0.25, -0.2) is 0 Å². The minimum absolute atomic E-state index is 0.171. The van der Waals surface area contributed by atoms with E-state index in [4.69, 9.17) is 4.74 Å². The summed E-state index contributed by atoms with van der Waals surface area (Å²) in [6.07, 6.45) is 2.93. The molecule has 0 saturated carbocycles. The normalized spacial score (nSPS) is 13.5. The van der Waals surface area contributed by atoms with Crippen molar-refractivity contribution in [1.29, 1.82) is 0 Å². The Morgan fingerprint density at radius 3 is 2.53 bits per heavy atom. The Balaban J connectivity index is 2.61. The van der Waals surface area contributed by atoms with E-state index < -0.39 is 0 Å². The van der Waals surface area contributed by atoms with Gasteiger partial charge in [-0.15, -0.1) is 0 Å². The Hall–Kier alpha value is -1.09. The number of hydrogen-bond donors (Lipinski definition) is 1. The molecule has 0 amide bonds. The second kappa shape index (κ2) is 6.01. The van der Waals surface area contributed by atoms with Crippen LogP contribution in [0.1, 0.15) is 52.8 Å². The van der Waals surface area contributed by atoms with Crippen LogP contribution < -0.4 is 10.1 Å². The van der Waals surface area contributed by atoms with Crippen LogP contribution >= 0.6 is 0 Å². The number of aromatic nitrogens is 1. The van der Waals surface area contributed by atoms with Gasteiger partial charge in [0.25, 0.3) is 0 Å². The molecule has 0 saturated heterocycles. The van der Waals surface area contributed by atoms with E-state index in [2.05, 4.69) is 24.1 Å². The summed E-state index contributed by atoms with van der Waals surface area (Å²) in [5.74, 6) is 0.823. The molecular formula is C14H24N2O. The lowest BCUT2D eigenvalue weighted by molar-refractivity contribution is 0.130. The topological polar surface area (TPSA) is 34.1 Å². The third-order valence-corrected chi connectivity index (χ3v) is 2.33. The molecule has 0 radical (unpaired) electrons. The first-order valence-electron chi connectivity index (χ1n) is 6.30. The van der Waals surface area contributed by atoms with Gasteiger partial charge in [-0.2, -0.15) is 0 Å². The van der Waals surface area contributed by atoms with Crippen molar-refractivity contribution in [1.82, 2.24) is 10.3 Å². The van der Waals surface area contributed by atoms with Crippen molar-refractivity contribution in [2.45, 2.75) is 52.7 Å². The van der Waals surface area contributed by atoms with Crippen LogP contribution in [0.15, 0.2) is 18.3 Å². The zero-order chi connectivity index (χ0) is 12.9. The molecule has 0 fully saturated rings. The zero-order valence-corrected chi connectivity index (χ0v) is 11.6. The van der Waals surface area contributed by atoms with Crippen LogP contribution in [0, 0.1) is 0 Å². The Labute approximate surface area is 105 Å². The highest BCUT2D eigenvalue weighted by Gasteiger charge is 2.12. The molecule has 0 spiro atoms. The lowest BCUT2D eigenvalue weighted by Gasteiger charge is -2.21. The summed E-state index contributed by atoms with van der Waals surface area (Å²) in [4.78, 5) is 4.43. The average molecular weight is 236 g/mol. The summed E-state index contributed by atoms with van der Waals surface area (Å²) in [6, 6.07) is 4.30. The van der Waals surface area contributed by atoms with Gasteiger partial charge in [0, 0.05) is 6.04 Å². The summed E-state index contributed by atoms with van der Waals surface area (Å²) < 4.78 is 5.73. The lowest BCUT2D eigenvalue weighted by Crippen LogP contribution is -2.23. The van der Waals surface area contributed by atoms with Gasteiger partial charge in [-0.3, -0.25) is 4.98 Å². The molecule has 1 rings (SSSR count). The standard InChI is InChI=1S/C14H24N2O/c1-6-9-15-11(2)13-8-7-12(10-16-13)17-14(3,4)5/h7-8,10-11,15H,6,9H2,1-5H3. The second-order valence-corrected chi connectivity index (χ2v) is 5.31. The fourth-order valence-corrected chi connectivity index (χ4v) is 1.53. The largest absolute Gasteiger partial charge is 0.487 e. The van der Waals surface area contributed by atoms with E-state index in [9.17, 15) is 0 Å². The highest BCUT2D eigenvalue weighted by molar-refractivity contribution is 5.21. The van der Waals surface area contributed by atoms with Crippen LogP contribution in [0.3, 0.4) is 0 Å². The molecule has 1 unspecified atom stereocenters. The molecule has 1 aromatic heterocycles. The van der Waals surface area contributed by atoms with Gasteiger partial charge in [0.15, 0.2) is 0 Å². The van der Waals surface area contributed by atoms with Gasteiger partial charge >= 0.3 is 0 Å². The SMILES string of the molecule is CCCNC(C)c1ccc(OC(C)(C)C)cn1. The zero-order valence-electron chi connectivity index (χ0n) is 11.6.